The van der Waals surface area contributed by atoms with Gasteiger partial charge in [-0.1, -0.05) is 29.8 Å². The highest BCUT2D eigenvalue weighted by Gasteiger charge is 2.21. The van der Waals surface area contributed by atoms with Crippen molar-refractivity contribution in [1.29, 1.82) is 0 Å². The summed E-state index contributed by atoms with van der Waals surface area (Å²) in [7, 11) is -1.91. The van der Waals surface area contributed by atoms with Gasteiger partial charge in [0.1, 0.15) is 5.75 Å². The van der Waals surface area contributed by atoms with E-state index in [1.54, 1.807) is 19.2 Å². The summed E-state index contributed by atoms with van der Waals surface area (Å²) >= 11 is 0. The van der Waals surface area contributed by atoms with Gasteiger partial charge < -0.3 is 10.1 Å². The van der Waals surface area contributed by atoms with Crippen molar-refractivity contribution in [2.45, 2.75) is 24.8 Å². The minimum atomic E-state index is -3.48. The molecule has 1 amide bonds. The van der Waals surface area contributed by atoms with E-state index >= 15 is 0 Å². The zero-order valence-electron chi connectivity index (χ0n) is 14.2. The minimum absolute atomic E-state index is 0.0194. The molecule has 5 nitrogen and oxygen atoms in total. The summed E-state index contributed by atoms with van der Waals surface area (Å²) in [6, 6.07) is 11.6. The Labute approximate surface area is 142 Å². The van der Waals surface area contributed by atoms with Crippen LogP contribution in [-0.4, -0.2) is 27.7 Å². The van der Waals surface area contributed by atoms with Gasteiger partial charge in [-0.2, -0.15) is 0 Å². The monoisotopic (exact) mass is 347 g/mol. The summed E-state index contributed by atoms with van der Waals surface area (Å²) in [4.78, 5) is 12.6. The summed E-state index contributed by atoms with van der Waals surface area (Å²) < 4.78 is 29.1. The van der Waals surface area contributed by atoms with Gasteiger partial charge >= 0.3 is 0 Å². The molecule has 0 aliphatic heterocycles. The van der Waals surface area contributed by atoms with Crippen LogP contribution in [-0.2, 0) is 9.84 Å². The van der Waals surface area contributed by atoms with Crippen LogP contribution >= 0.6 is 0 Å². The van der Waals surface area contributed by atoms with E-state index in [2.05, 4.69) is 5.32 Å². The first kappa shape index (κ1) is 18.0. The molecule has 0 saturated heterocycles. The van der Waals surface area contributed by atoms with E-state index in [-0.39, 0.29) is 16.5 Å². The molecule has 2 rings (SSSR count). The molecule has 0 fully saturated rings. The van der Waals surface area contributed by atoms with Crippen molar-refractivity contribution in [2.24, 2.45) is 0 Å². The fourth-order valence-electron chi connectivity index (χ4n) is 2.52. The molecular weight excluding hydrogens is 326 g/mol. The smallest absolute Gasteiger partial charge is 0.253 e. The number of amides is 1. The molecule has 128 valence electrons. The van der Waals surface area contributed by atoms with Crippen molar-refractivity contribution in [3.63, 3.8) is 0 Å². The van der Waals surface area contributed by atoms with Crippen LogP contribution in [0.5, 0.6) is 5.75 Å². The van der Waals surface area contributed by atoms with Crippen molar-refractivity contribution >= 4 is 15.7 Å². The summed E-state index contributed by atoms with van der Waals surface area (Å²) in [5.41, 5.74) is 2.02. The molecule has 0 bridgehead atoms. The van der Waals surface area contributed by atoms with Crippen molar-refractivity contribution in [1.82, 2.24) is 5.32 Å². The number of carbonyl (C=O) groups excluding carboxylic acids is 1. The first-order valence-electron chi connectivity index (χ1n) is 7.48. The Hall–Kier alpha value is -2.34. The average molecular weight is 347 g/mol. The number of benzene rings is 2. The highest BCUT2D eigenvalue weighted by Crippen LogP contribution is 2.26. The fraction of sp³-hybridized carbons (Fsp3) is 0.278. The highest BCUT2D eigenvalue weighted by atomic mass is 32.2. The molecule has 0 spiro atoms. The molecule has 0 saturated carbocycles. The van der Waals surface area contributed by atoms with Crippen LogP contribution in [0.3, 0.4) is 0 Å². The maximum Gasteiger partial charge on any atom is 0.253 e. The number of sulfone groups is 1. The molecule has 1 atom stereocenters. The molecule has 0 radical (unpaired) electrons. The molecule has 24 heavy (non-hydrogen) atoms. The number of ether oxygens (including phenoxy) is 1. The van der Waals surface area contributed by atoms with E-state index in [9.17, 15) is 13.2 Å². The molecule has 6 heteroatoms. The first-order chi connectivity index (χ1) is 11.2. The third-order valence-corrected chi connectivity index (χ3v) is 4.89. The number of aryl methyl sites for hydroxylation is 1. The first-order valence-corrected chi connectivity index (χ1v) is 9.37. The van der Waals surface area contributed by atoms with Crippen molar-refractivity contribution < 1.29 is 17.9 Å². The van der Waals surface area contributed by atoms with Crippen LogP contribution < -0.4 is 10.1 Å². The van der Waals surface area contributed by atoms with Crippen LogP contribution in [0.15, 0.2) is 47.4 Å². The lowest BCUT2D eigenvalue weighted by atomic mass is 10.0. The molecule has 0 heterocycles. The van der Waals surface area contributed by atoms with Crippen molar-refractivity contribution in [2.75, 3.05) is 13.4 Å². The molecular formula is C18H21NO4S. The van der Waals surface area contributed by atoms with E-state index in [1.165, 1.54) is 12.1 Å². The van der Waals surface area contributed by atoms with Crippen molar-refractivity contribution in [3.8, 4) is 5.75 Å². The minimum Gasteiger partial charge on any atom is -0.496 e. The number of carbonyl (C=O) groups is 1. The van der Waals surface area contributed by atoms with Crippen LogP contribution in [0.1, 0.15) is 34.5 Å². The van der Waals surface area contributed by atoms with E-state index in [0.29, 0.717) is 5.75 Å². The lowest BCUT2D eigenvalue weighted by molar-refractivity contribution is 0.0936. The maximum absolute atomic E-state index is 12.6. The number of methoxy groups -OCH3 is 1. The van der Waals surface area contributed by atoms with Gasteiger partial charge in [-0.25, -0.2) is 8.42 Å². The Bertz CT molecular complexity index is 859. The van der Waals surface area contributed by atoms with E-state index in [1.807, 2.05) is 32.0 Å². The van der Waals surface area contributed by atoms with E-state index in [4.69, 9.17) is 4.74 Å². The van der Waals surface area contributed by atoms with Gasteiger partial charge in [-0.3, -0.25) is 4.79 Å². The number of hydrogen-bond donors (Lipinski definition) is 1. The molecule has 0 aromatic heterocycles. The normalized spacial score (nSPS) is 12.5. The summed E-state index contributed by atoms with van der Waals surface area (Å²) in [6.07, 6.45) is 1.09. The average Bonchev–Trinajstić information content (AvgIpc) is 2.53. The maximum atomic E-state index is 12.6. The predicted octanol–water partition coefficient (Wildman–Crippen LogP) is 2.90. The zero-order chi connectivity index (χ0) is 17.9. The van der Waals surface area contributed by atoms with E-state index in [0.717, 1.165) is 17.4 Å². The third-order valence-electron chi connectivity index (χ3n) is 3.73. The second-order valence-corrected chi connectivity index (χ2v) is 7.69. The van der Waals surface area contributed by atoms with Crippen LogP contribution in [0.4, 0.5) is 0 Å². The van der Waals surface area contributed by atoms with Gasteiger partial charge in [0.25, 0.3) is 5.91 Å². The van der Waals surface area contributed by atoms with Crippen molar-refractivity contribution in [3.05, 3.63) is 59.2 Å². The van der Waals surface area contributed by atoms with E-state index < -0.39 is 15.7 Å². The third kappa shape index (κ3) is 3.94. The second-order valence-electron chi connectivity index (χ2n) is 5.71. The lowest BCUT2D eigenvalue weighted by Crippen LogP contribution is -2.28. The second kappa shape index (κ2) is 7.05. The largest absolute Gasteiger partial charge is 0.496 e. The Kier molecular flexibility index (Phi) is 5.29. The summed E-state index contributed by atoms with van der Waals surface area (Å²) in [5.74, 6) is 0.233. The summed E-state index contributed by atoms with van der Waals surface area (Å²) in [5, 5.41) is 2.84. The Morgan fingerprint density at radius 2 is 1.83 bits per heavy atom. The zero-order valence-corrected chi connectivity index (χ0v) is 15.0. The topological polar surface area (TPSA) is 72.5 Å². The molecule has 0 aliphatic rings. The van der Waals surface area contributed by atoms with Gasteiger partial charge in [-0.05, 0) is 32.0 Å². The Morgan fingerprint density at radius 1 is 1.17 bits per heavy atom. The number of hydrogen-bond acceptors (Lipinski definition) is 4. The lowest BCUT2D eigenvalue weighted by Gasteiger charge is -2.18. The van der Waals surface area contributed by atoms with Crippen LogP contribution in [0.25, 0.3) is 0 Å². The Balaban J connectivity index is 2.33. The van der Waals surface area contributed by atoms with Crippen LogP contribution in [0, 0.1) is 6.92 Å². The summed E-state index contributed by atoms with van der Waals surface area (Å²) in [6.45, 7) is 3.79. The molecule has 1 N–H and O–H groups in total. The molecule has 0 aliphatic carbocycles. The molecule has 2 aromatic rings. The number of nitrogens with one attached hydrogen (secondary N) is 1. The van der Waals surface area contributed by atoms with Gasteiger partial charge in [0, 0.05) is 11.8 Å². The van der Waals surface area contributed by atoms with Crippen LogP contribution in [0.2, 0.25) is 0 Å². The molecule has 0 unspecified atom stereocenters. The van der Waals surface area contributed by atoms with Gasteiger partial charge in [0.2, 0.25) is 0 Å². The van der Waals surface area contributed by atoms with Gasteiger partial charge in [-0.15, -0.1) is 0 Å². The number of rotatable bonds is 5. The SMILES string of the molecule is COc1ccc(C)cc1[C@H](C)NC(=O)c1ccccc1S(C)(=O)=O. The fourth-order valence-corrected chi connectivity index (χ4v) is 3.41. The van der Waals surface area contributed by atoms with Gasteiger partial charge in [0.15, 0.2) is 9.84 Å². The highest BCUT2D eigenvalue weighted by molar-refractivity contribution is 7.90. The standard InChI is InChI=1S/C18H21NO4S/c1-12-9-10-16(23-3)15(11-12)13(2)19-18(20)14-7-5-6-8-17(14)24(4,21)22/h5-11,13H,1-4H3,(H,19,20)/t13-/m0/s1. The van der Waals surface area contributed by atoms with Gasteiger partial charge in [0.05, 0.1) is 23.6 Å². The predicted molar refractivity (Wildman–Crippen MR) is 93.2 cm³/mol. The Morgan fingerprint density at radius 3 is 2.46 bits per heavy atom. The molecule has 2 aromatic carbocycles. The quantitative estimate of drug-likeness (QED) is 0.903.